The smallest absolute Gasteiger partial charge is 0.407 e. The monoisotopic (exact) mass is 246 g/mol. The Morgan fingerprint density at radius 2 is 2.00 bits per heavy atom. The van der Waals surface area contributed by atoms with Crippen LogP contribution >= 0.6 is 0 Å². The maximum absolute atomic E-state index is 11.1. The van der Waals surface area contributed by atoms with Gasteiger partial charge in [0.05, 0.1) is 6.10 Å². The Balaban J connectivity index is 1.95. The van der Waals surface area contributed by atoms with Crippen molar-refractivity contribution in [3.8, 4) is 0 Å². The van der Waals surface area contributed by atoms with Crippen LogP contribution in [0, 0.1) is 5.92 Å². The number of nitrogens with zero attached hydrogens (tertiary/aromatic N) is 1. The topological polar surface area (TPSA) is 61.8 Å². The molecule has 0 aliphatic carbocycles. The molecule has 0 spiro atoms. The Hall–Kier alpha value is -0.810. The molecule has 0 atom stereocenters. The van der Waals surface area contributed by atoms with Gasteiger partial charge in [0.15, 0.2) is 0 Å². The zero-order chi connectivity index (χ0) is 15.7. The lowest BCUT2D eigenvalue weighted by atomic mass is 9.99. The van der Waals surface area contributed by atoms with Crippen molar-refractivity contribution < 1.29 is 20.1 Å². The lowest BCUT2D eigenvalue weighted by molar-refractivity contribution is -0.0107. The summed E-state index contributed by atoms with van der Waals surface area (Å²) in [4.78, 5) is 11.4. The molecule has 2 aliphatic rings. The molecule has 0 aromatic carbocycles. The summed E-state index contributed by atoms with van der Waals surface area (Å²) in [6.07, 6.45) is -0.461. The zero-order valence-electron chi connectivity index (χ0n) is 13.8. The van der Waals surface area contributed by atoms with E-state index < -0.39 is 25.2 Å². The molecule has 2 saturated heterocycles. The van der Waals surface area contributed by atoms with Gasteiger partial charge in [0.2, 0.25) is 0 Å². The number of rotatable bonds is 3. The SMILES string of the molecule is [2H]C1([2H])CC(OCC2CCNCC2)CC([2H])([2H])N1C(=O)O. The molecule has 2 fully saturated rings. The third-order valence-electron chi connectivity index (χ3n) is 3.17. The molecule has 98 valence electrons. The van der Waals surface area contributed by atoms with Gasteiger partial charge in [0.25, 0.3) is 0 Å². The van der Waals surface area contributed by atoms with E-state index in [4.69, 9.17) is 15.3 Å². The fourth-order valence-corrected chi connectivity index (χ4v) is 2.09. The van der Waals surface area contributed by atoms with Crippen LogP contribution in [0.4, 0.5) is 4.79 Å². The Morgan fingerprint density at radius 1 is 1.35 bits per heavy atom. The molecule has 0 aromatic rings. The van der Waals surface area contributed by atoms with E-state index in [9.17, 15) is 4.79 Å². The highest BCUT2D eigenvalue weighted by molar-refractivity contribution is 5.64. The van der Waals surface area contributed by atoms with E-state index in [1.54, 1.807) is 0 Å². The van der Waals surface area contributed by atoms with E-state index in [-0.39, 0.29) is 17.7 Å². The van der Waals surface area contributed by atoms with Crippen LogP contribution in [0.3, 0.4) is 0 Å². The Morgan fingerprint density at radius 3 is 2.59 bits per heavy atom. The Labute approximate surface area is 108 Å². The average molecular weight is 246 g/mol. The van der Waals surface area contributed by atoms with E-state index in [2.05, 4.69) is 5.32 Å². The molecule has 5 nitrogen and oxygen atoms in total. The van der Waals surface area contributed by atoms with E-state index in [1.165, 1.54) is 0 Å². The first-order valence-electron chi connectivity index (χ1n) is 8.08. The molecule has 1 amide bonds. The number of hydrogen-bond acceptors (Lipinski definition) is 3. The summed E-state index contributed by atoms with van der Waals surface area (Å²) in [6.45, 7) is -2.16. The van der Waals surface area contributed by atoms with Crippen LogP contribution in [0.2, 0.25) is 0 Å². The van der Waals surface area contributed by atoms with Crippen LogP contribution < -0.4 is 5.32 Å². The minimum atomic E-state index is -2.26. The second-order valence-corrected chi connectivity index (χ2v) is 4.49. The van der Waals surface area contributed by atoms with Crippen LogP contribution in [0.5, 0.6) is 0 Å². The van der Waals surface area contributed by atoms with Crippen molar-refractivity contribution in [1.82, 2.24) is 10.2 Å². The molecule has 17 heavy (non-hydrogen) atoms. The van der Waals surface area contributed by atoms with Gasteiger partial charge < -0.3 is 20.1 Å². The van der Waals surface area contributed by atoms with E-state index in [0.717, 1.165) is 25.9 Å². The number of carboxylic acid groups (broad SMARTS) is 1. The number of amides is 1. The van der Waals surface area contributed by atoms with Crippen molar-refractivity contribution >= 4 is 6.09 Å². The van der Waals surface area contributed by atoms with E-state index >= 15 is 0 Å². The molecule has 0 aromatic heterocycles. The fraction of sp³-hybridized carbons (Fsp3) is 0.917. The molecule has 0 radical (unpaired) electrons. The molecule has 2 heterocycles. The molecule has 5 heteroatoms. The largest absolute Gasteiger partial charge is 0.465 e. The number of piperidine rings is 2. The maximum Gasteiger partial charge on any atom is 0.407 e. The van der Waals surface area contributed by atoms with Crippen LogP contribution in [-0.2, 0) is 4.74 Å². The lowest BCUT2D eigenvalue weighted by Crippen LogP contribution is -2.40. The van der Waals surface area contributed by atoms with Crippen molar-refractivity contribution in [2.24, 2.45) is 5.92 Å². The summed E-state index contributed by atoms with van der Waals surface area (Å²) in [5, 5.41) is 12.3. The van der Waals surface area contributed by atoms with Crippen LogP contribution in [0.15, 0.2) is 0 Å². The predicted octanol–water partition coefficient (Wildman–Crippen LogP) is 1.15. The van der Waals surface area contributed by atoms with Gasteiger partial charge in [-0.3, -0.25) is 0 Å². The Bertz CT molecular complexity index is 371. The summed E-state index contributed by atoms with van der Waals surface area (Å²) >= 11 is 0. The number of ether oxygens (including phenoxy) is 1. The summed E-state index contributed by atoms with van der Waals surface area (Å²) in [5.41, 5.74) is 0. The normalized spacial score (nSPS) is 33.3. The minimum absolute atomic E-state index is 0.135. The summed E-state index contributed by atoms with van der Waals surface area (Å²) < 4.78 is 36.9. The summed E-state index contributed by atoms with van der Waals surface area (Å²) in [6, 6.07) is 0. The molecular weight excluding hydrogens is 220 g/mol. The summed E-state index contributed by atoms with van der Waals surface area (Å²) in [7, 11) is 0. The minimum Gasteiger partial charge on any atom is -0.465 e. The molecular formula is C12H22N2O3. The van der Waals surface area contributed by atoms with Gasteiger partial charge in [0.1, 0.15) is 0 Å². The lowest BCUT2D eigenvalue weighted by Gasteiger charge is -2.31. The van der Waals surface area contributed by atoms with Gasteiger partial charge in [-0.2, -0.15) is 0 Å². The predicted molar refractivity (Wildman–Crippen MR) is 64.2 cm³/mol. The van der Waals surface area contributed by atoms with E-state index in [1.807, 2.05) is 0 Å². The van der Waals surface area contributed by atoms with Gasteiger partial charge >= 0.3 is 6.09 Å². The second kappa shape index (κ2) is 6.21. The number of hydrogen-bond donors (Lipinski definition) is 2. The molecule has 0 bridgehead atoms. The zero-order valence-corrected chi connectivity index (χ0v) is 9.82. The molecule has 2 N–H and O–H groups in total. The van der Waals surface area contributed by atoms with Gasteiger partial charge in [-0.25, -0.2) is 4.79 Å². The van der Waals surface area contributed by atoms with Crippen LogP contribution in [0.1, 0.15) is 31.2 Å². The standard InChI is InChI=1S/C12H22N2O3/c15-12(16)14-7-3-11(4-8-14)17-9-10-1-5-13-6-2-10/h10-11,13H,1-9H2,(H,15,16)/i7D2,8D2. The summed E-state index contributed by atoms with van der Waals surface area (Å²) in [5.74, 6) is 0.403. The molecule has 2 aliphatic heterocycles. The second-order valence-electron chi connectivity index (χ2n) is 4.49. The van der Waals surface area contributed by atoms with Crippen molar-refractivity contribution in [2.75, 3.05) is 32.7 Å². The quantitative estimate of drug-likeness (QED) is 0.784. The highest BCUT2D eigenvalue weighted by atomic mass is 16.5. The first kappa shape index (κ1) is 8.32. The van der Waals surface area contributed by atoms with Crippen molar-refractivity contribution in [1.29, 1.82) is 0 Å². The van der Waals surface area contributed by atoms with Gasteiger partial charge in [-0.15, -0.1) is 0 Å². The molecule has 2 rings (SSSR count). The highest BCUT2D eigenvalue weighted by Crippen LogP contribution is 2.18. The van der Waals surface area contributed by atoms with Crippen molar-refractivity contribution in [3.05, 3.63) is 0 Å². The average Bonchev–Trinajstić information content (AvgIpc) is 2.34. The Kier molecular flexibility index (Phi) is 3.04. The maximum atomic E-state index is 11.1. The molecule has 0 unspecified atom stereocenters. The van der Waals surface area contributed by atoms with Gasteiger partial charge in [0, 0.05) is 25.1 Å². The number of nitrogens with one attached hydrogen (secondary N) is 1. The van der Waals surface area contributed by atoms with Crippen LogP contribution in [-0.4, -0.2) is 54.9 Å². The first-order chi connectivity index (χ1) is 9.72. The third kappa shape index (κ3) is 3.85. The third-order valence-corrected chi connectivity index (χ3v) is 3.17. The highest BCUT2D eigenvalue weighted by Gasteiger charge is 2.23. The first-order valence-corrected chi connectivity index (χ1v) is 6.08. The fourth-order valence-electron chi connectivity index (χ4n) is 2.09. The molecule has 0 saturated carbocycles. The number of likely N-dealkylation sites (tertiary alicyclic amines) is 1. The van der Waals surface area contributed by atoms with Crippen LogP contribution in [0.25, 0.3) is 0 Å². The number of carbonyl (C=O) groups is 1. The van der Waals surface area contributed by atoms with Gasteiger partial charge in [-0.1, -0.05) is 0 Å². The van der Waals surface area contributed by atoms with E-state index in [0.29, 0.717) is 12.5 Å². The van der Waals surface area contributed by atoms with Gasteiger partial charge in [-0.05, 0) is 44.7 Å². The van der Waals surface area contributed by atoms with Crippen molar-refractivity contribution in [3.63, 3.8) is 0 Å². The van der Waals surface area contributed by atoms with Crippen molar-refractivity contribution in [2.45, 2.75) is 31.8 Å².